The van der Waals surface area contributed by atoms with Crippen molar-refractivity contribution in [3.8, 4) is 0 Å². The van der Waals surface area contributed by atoms with Gasteiger partial charge in [0.2, 0.25) is 0 Å². The Hall–Kier alpha value is -1.74. The number of esters is 3. The van der Waals surface area contributed by atoms with Crippen molar-refractivity contribution in [2.75, 3.05) is 19.8 Å². The van der Waals surface area contributed by atoms with Crippen molar-refractivity contribution in [3.63, 3.8) is 0 Å². The second-order valence-electron chi connectivity index (χ2n) is 6.22. The molecule has 0 fully saturated rings. The molecule has 0 aromatic rings. The standard InChI is InChI=1S/3C6H10O3.C3H7O.Zr/c3*1-3-9-6(8)4-5(2)7;1-3(2)4;/h3*3-4H2,1-2H3;3H,1-2H3;/q;;;-1;+1. The molecule has 0 heterocycles. The van der Waals surface area contributed by atoms with Gasteiger partial charge in [-0.05, 0) is 41.5 Å². The van der Waals surface area contributed by atoms with Crippen LogP contribution in [0, 0.1) is 0 Å². The molecule has 0 amide bonds. The summed E-state index contributed by atoms with van der Waals surface area (Å²) in [4.78, 5) is 61.9. The molecular formula is C21H37O10Zr. The molecule has 0 saturated heterocycles. The van der Waals surface area contributed by atoms with Crippen LogP contribution in [0.5, 0.6) is 0 Å². The Bertz CT molecular complexity index is 487. The van der Waals surface area contributed by atoms with E-state index in [1.54, 1.807) is 20.8 Å². The van der Waals surface area contributed by atoms with Crippen molar-refractivity contribution >= 4 is 35.3 Å². The topological polar surface area (TPSA) is 139 Å². The van der Waals surface area contributed by atoms with E-state index in [2.05, 4.69) is 14.2 Å². The summed E-state index contributed by atoms with van der Waals surface area (Å²) in [5.74, 6) is -1.80. The Labute approximate surface area is 206 Å². The third kappa shape index (κ3) is 46.5. The Kier molecular flexibility index (Phi) is 32.1. The summed E-state index contributed by atoms with van der Waals surface area (Å²) in [6.07, 6.45) is 0.114. The fourth-order valence-electron chi connectivity index (χ4n) is 1.25. The van der Waals surface area contributed by atoms with Gasteiger partial charge in [0, 0.05) is 0 Å². The van der Waals surface area contributed by atoms with Crippen molar-refractivity contribution in [3.05, 3.63) is 0 Å². The Morgan fingerprint density at radius 2 is 0.781 bits per heavy atom. The van der Waals surface area contributed by atoms with E-state index in [-0.39, 0.29) is 36.6 Å². The maximum Gasteiger partial charge on any atom is 0.313 e. The van der Waals surface area contributed by atoms with E-state index >= 15 is 0 Å². The summed E-state index contributed by atoms with van der Waals surface area (Å²) in [6, 6.07) is 0. The number of hydrogen-bond donors (Lipinski definition) is 0. The molecule has 0 aromatic heterocycles. The van der Waals surface area contributed by atoms with Crippen LogP contribution in [0.15, 0.2) is 0 Å². The van der Waals surface area contributed by atoms with Crippen LogP contribution in [0.1, 0.15) is 74.7 Å². The Balaban J connectivity index is -0.000000167. The zero-order valence-electron chi connectivity index (χ0n) is 20.4. The van der Waals surface area contributed by atoms with Gasteiger partial charge < -0.3 is 14.2 Å². The fraction of sp³-hybridized carbons (Fsp3) is 0.714. The van der Waals surface area contributed by atoms with Gasteiger partial charge in [-0.25, -0.2) is 0 Å². The third-order valence-electron chi connectivity index (χ3n) is 2.33. The van der Waals surface area contributed by atoms with Crippen LogP contribution in [0.4, 0.5) is 0 Å². The van der Waals surface area contributed by atoms with Crippen LogP contribution in [-0.4, -0.2) is 61.2 Å². The molecule has 32 heavy (non-hydrogen) atoms. The predicted molar refractivity (Wildman–Crippen MR) is 112 cm³/mol. The first kappa shape index (κ1) is 37.6. The first-order valence-corrected chi connectivity index (χ1v) is 11.0. The average molecular weight is 541 g/mol. The number of ether oxygens (including phenoxy) is 3. The molecule has 0 aliphatic carbocycles. The Morgan fingerprint density at radius 3 is 0.875 bits per heavy atom. The van der Waals surface area contributed by atoms with Gasteiger partial charge in [-0.15, -0.1) is 0 Å². The Morgan fingerprint density at radius 1 is 0.594 bits per heavy atom. The molecule has 0 bridgehead atoms. The van der Waals surface area contributed by atoms with E-state index < -0.39 is 17.9 Å². The summed E-state index contributed by atoms with van der Waals surface area (Å²) in [5, 5.41) is 0. The van der Waals surface area contributed by atoms with Gasteiger partial charge in [0.25, 0.3) is 0 Å². The molecular weight excluding hydrogens is 503 g/mol. The number of hydrogen-bond acceptors (Lipinski definition) is 10. The number of Topliss-reactive ketones (excluding diaryl/α,β-unsaturated/α-hetero) is 3. The molecule has 11 heteroatoms. The second kappa shape index (κ2) is 27.3. The summed E-state index contributed by atoms with van der Waals surface area (Å²) in [5.41, 5.74) is 0. The first-order chi connectivity index (χ1) is 14.8. The zero-order chi connectivity index (χ0) is 26.1. The summed E-state index contributed by atoms with van der Waals surface area (Å²) < 4.78 is 18.3. The molecule has 0 aliphatic rings. The normalized spacial score (nSPS) is 8.75. The van der Waals surface area contributed by atoms with E-state index in [0.29, 0.717) is 25.9 Å². The van der Waals surface area contributed by atoms with Crippen LogP contribution in [-0.2, 0) is 71.0 Å². The maximum atomic E-state index is 10.4. The number of rotatable bonds is 10. The molecule has 0 spiro atoms. The summed E-state index contributed by atoms with van der Waals surface area (Å²) in [7, 11) is 0. The first-order valence-electron chi connectivity index (χ1n) is 10.0. The molecule has 185 valence electrons. The summed E-state index contributed by atoms with van der Waals surface area (Å²) >= 11 is 1.16. The second-order valence-corrected chi connectivity index (χ2v) is 6.80. The SMILES string of the molecule is CC(C)[O][Zr].CCOC(=O)CC(C)=O.CCOC(=O)CC(C)=O.CCOC(=O)CC(C)=O. The molecule has 0 N–H and O–H groups in total. The predicted octanol–water partition coefficient (Wildman–Crippen LogP) is 2.46. The molecule has 10 nitrogen and oxygen atoms in total. The number of carbonyl (C=O) groups excluding carboxylic acids is 6. The van der Waals surface area contributed by atoms with Gasteiger partial charge in [-0.3, -0.25) is 28.8 Å². The molecule has 0 rings (SSSR count). The van der Waals surface area contributed by atoms with E-state index in [1.807, 2.05) is 13.8 Å². The van der Waals surface area contributed by atoms with Crippen molar-refractivity contribution in [2.24, 2.45) is 0 Å². The minimum atomic E-state index is -0.440. The van der Waals surface area contributed by atoms with Gasteiger partial charge in [0.1, 0.15) is 36.6 Å². The monoisotopic (exact) mass is 539 g/mol. The average Bonchev–Trinajstić information content (AvgIpc) is 2.62. The minimum absolute atomic E-state index is 0.103. The number of carbonyl (C=O) groups is 6. The third-order valence-corrected chi connectivity index (χ3v) is 3.49. The van der Waals surface area contributed by atoms with Crippen molar-refractivity contribution in [1.29, 1.82) is 0 Å². The van der Waals surface area contributed by atoms with Crippen LogP contribution in [0.25, 0.3) is 0 Å². The van der Waals surface area contributed by atoms with E-state index in [4.69, 9.17) is 2.81 Å². The van der Waals surface area contributed by atoms with Crippen LogP contribution >= 0.6 is 0 Å². The smallest absolute Gasteiger partial charge is 0.313 e. The van der Waals surface area contributed by atoms with E-state index in [1.165, 1.54) is 20.8 Å². The van der Waals surface area contributed by atoms with Crippen molar-refractivity contribution in [1.82, 2.24) is 0 Å². The van der Waals surface area contributed by atoms with E-state index in [0.717, 1.165) is 25.2 Å². The summed E-state index contributed by atoms with van der Waals surface area (Å²) in [6.45, 7) is 14.3. The molecule has 0 aliphatic heterocycles. The maximum absolute atomic E-state index is 10.4. The molecule has 0 saturated carbocycles. The van der Waals surface area contributed by atoms with Gasteiger partial charge >= 0.3 is 65.8 Å². The van der Waals surface area contributed by atoms with Crippen molar-refractivity contribution in [2.45, 2.75) is 80.8 Å². The van der Waals surface area contributed by atoms with Gasteiger partial charge in [0.15, 0.2) is 0 Å². The molecule has 0 unspecified atom stereocenters. The van der Waals surface area contributed by atoms with Crippen LogP contribution < -0.4 is 0 Å². The quantitative estimate of drug-likeness (QED) is 0.231. The fourth-order valence-corrected chi connectivity index (χ4v) is 1.25. The van der Waals surface area contributed by atoms with Crippen molar-refractivity contribution < 1.29 is 71.0 Å². The minimum Gasteiger partial charge on any atom is -0.466 e. The molecule has 0 radical (unpaired) electrons. The van der Waals surface area contributed by atoms with E-state index in [9.17, 15) is 28.8 Å². The van der Waals surface area contributed by atoms with Gasteiger partial charge in [-0.1, -0.05) is 0 Å². The van der Waals surface area contributed by atoms with Gasteiger partial charge in [-0.2, -0.15) is 0 Å². The van der Waals surface area contributed by atoms with Gasteiger partial charge in [0.05, 0.1) is 19.8 Å². The van der Waals surface area contributed by atoms with Crippen LogP contribution in [0.2, 0.25) is 0 Å². The van der Waals surface area contributed by atoms with Crippen LogP contribution in [0.3, 0.4) is 0 Å². The number of ketones is 3. The largest absolute Gasteiger partial charge is 0.466 e. The molecule has 0 aromatic carbocycles. The zero-order valence-corrected chi connectivity index (χ0v) is 22.9. The molecule has 0 atom stereocenters.